The van der Waals surface area contributed by atoms with E-state index in [1.165, 1.54) is 38.5 Å². The maximum absolute atomic E-state index is 12.5. The predicted molar refractivity (Wildman–Crippen MR) is 119 cm³/mol. The molecule has 3 saturated carbocycles. The van der Waals surface area contributed by atoms with Gasteiger partial charge in [-0.3, -0.25) is 4.79 Å². The maximum Gasteiger partial charge on any atom is 0.133 e. The van der Waals surface area contributed by atoms with E-state index in [-0.39, 0.29) is 6.10 Å². The highest BCUT2D eigenvalue weighted by atomic mass is 16.3. The fourth-order valence-corrected chi connectivity index (χ4v) is 8.66. The number of fused-ring (bicyclic) bond motifs is 5. The number of Topliss-reactive ketones (excluding diaryl/α,β-unsaturated/α-hetero) is 1. The Kier molecular flexibility index (Phi) is 5.82. The summed E-state index contributed by atoms with van der Waals surface area (Å²) in [5.41, 5.74) is 2.33. The van der Waals surface area contributed by atoms with Crippen LogP contribution in [0.2, 0.25) is 0 Å². The van der Waals surface area contributed by atoms with Crippen molar-refractivity contribution < 1.29 is 9.90 Å². The van der Waals surface area contributed by atoms with Crippen LogP contribution < -0.4 is 0 Å². The molecule has 4 rings (SSSR count). The van der Waals surface area contributed by atoms with Crippen molar-refractivity contribution in [3.63, 3.8) is 0 Å². The Bertz CT molecular complexity index is 663. The molecule has 4 aliphatic carbocycles. The molecule has 3 fully saturated rings. The molecule has 0 aromatic heterocycles. The Labute approximate surface area is 178 Å². The molecule has 8 atom stereocenters. The summed E-state index contributed by atoms with van der Waals surface area (Å²) in [6.07, 6.45) is 13.7. The lowest BCUT2D eigenvalue weighted by atomic mass is 9.47. The number of rotatable bonds is 5. The quantitative estimate of drug-likeness (QED) is 0.530. The number of hydrogen-bond acceptors (Lipinski definition) is 2. The van der Waals surface area contributed by atoms with Gasteiger partial charge in [0.2, 0.25) is 0 Å². The lowest BCUT2D eigenvalue weighted by Gasteiger charge is -2.58. The van der Waals surface area contributed by atoms with Crippen LogP contribution in [0.4, 0.5) is 0 Å². The molecule has 0 bridgehead atoms. The third kappa shape index (κ3) is 3.66. The molecule has 29 heavy (non-hydrogen) atoms. The van der Waals surface area contributed by atoms with Gasteiger partial charge in [0.25, 0.3) is 0 Å². The first-order valence-corrected chi connectivity index (χ1v) is 12.5. The minimum absolute atomic E-state index is 0.111. The molecule has 0 aliphatic heterocycles. The van der Waals surface area contributed by atoms with Crippen LogP contribution in [0, 0.1) is 46.3 Å². The van der Waals surface area contributed by atoms with E-state index in [1.807, 2.05) is 0 Å². The molecule has 0 saturated heterocycles. The topological polar surface area (TPSA) is 37.3 Å². The standard InChI is InChI=1S/C27H44O2/c1-17(2)14-21(29)15-18(3)23-8-9-24-22-7-6-19-16-20(28)10-12-26(19,4)25(22)11-13-27(23,24)5/h6,17-18,20,22-25,28H,7-16H2,1-5H3/t18-,20?,22+,23-,24+,25+,26+,27-/m1/s1. The van der Waals surface area contributed by atoms with Gasteiger partial charge in [0, 0.05) is 12.8 Å². The highest BCUT2D eigenvalue weighted by Gasteiger charge is 2.59. The Morgan fingerprint density at radius 1 is 1.07 bits per heavy atom. The van der Waals surface area contributed by atoms with Gasteiger partial charge in [-0.15, -0.1) is 0 Å². The summed E-state index contributed by atoms with van der Waals surface area (Å²) in [6.45, 7) is 11.8. The minimum atomic E-state index is -0.111. The molecule has 0 radical (unpaired) electrons. The van der Waals surface area contributed by atoms with E-state index >= 15 is 0 Å². The summed E-state index contributed by atoms with van der Waals surface area (Å²) < 4.78 is 0. The number of aliphatic hydroxyl groups is 1. The minimum Gasteiger partial charge on any atom is -0.393 e. The van der Waals surface area contributed by atoms with E-state index in [0.29, 0.717) is 28.4 Å². The first-order chi connectivity index (χ1) is 13.6. The van der Waals surface area contributed by atoms with Gasteiger partial charge >= 0.3 is 0 Å². The van der Waals surface area contributed by atoms with Crippen molar-refractivity contribution in [2.24, 2.45) is 46.3 Å². The van der Waals surface area contributed by atoms with Gasteiger partial charge in [-0.2, -0.15) is 0 Å². The van der Waals surface area contributed by atoms with Gasteiger partial charge in [0.1, 0.15) is 5.78 Å². The highest BCUT2D eigenvalue weighted by Crippen LogP contribution is 2.67. The SMILES string of the molecule is CC(C)CC(=O)C[C@@H](C)[C@H]1CC[C@H]2[C@@H]3CC=C4CC(O)CC[C@]4(C)[C@H]3CC[C@]12C. The molecule has 164 valence electrons. The van der Waals surface area contributed by atoms with E-state index in [2.05, 4.69) is 40.7 Å². The van der Waals surface area contributed by atoms with E-state index < -0.39 is 0 Å². The molecule has 0 aromatic carbocycles. The third-order valence-electron chi connectivity index (χ3n) is 10.0. The average molecular weight is 401 g/mol. The van der Waals surface area contributed by atoms with Crippen LogP contribution >= 0.6 is 0 Å². The lowest BCUT2D eigenvalue weighted by molar-refractivity contribution is -0.121. The number of allylic oxidation sites excluding steroid dienone is 1. The molecule has 1 unspecified atom stereocenters. The fraction of sp³-hybridized carbons (Fsp3) is 0.889. The summed E-state index contributed by atoms with van der Waals surface area (Å²) in [5, 5.41) is 10.2. The van der Waals surface area contributed by atoms with Gasteiger partial charge in [-0.1, -0.05) is 46.3 Å². The lowest BCUT2D eigenvalue weighted by Crippen LogP contribution is -2.50. The van der Waals surface area contributed by atoms with Crippen molar-refractivity contribution in [2.45, 2.75) is 105 Å². The van der Waals surface area contributed by atoms with E-state index in [1.54, 1.807) is 5.57 Å². The fourth-order valence-electron chi connectivity index (χ4n) is 8.66. The van der Waals surface area contributed by atoms with Crippen molar-refractivity contribution in [2.75, 3.05) is 0 Å². The zero-order chi connectivity index (χ0) is 21.0. The normalized spacial score (nSPS) is 45.2. The number of carbonyl (C=O) groups excluding carboxylic acids is 1. The van der Waals surface area contributed by atoms with Crippen LogP contribution in [0.3, 0.4) is 0 Å². The van der Waals surface area contributed by atoms with Gasteiger partial charge in [-0.25, -0.2) is 0 Å². The van der Waals surface area contributed by atoms with Gasteiger partial charge < -0.3 is 5.11 Å². The molecular formula is C27H44O2. The molecule has 0 spiro atoms. The number of ketones is 1. The van der Waals surface area contributed by atoms with Gasteiger partial charge in [-0.05, 0) is 97.7 Å². The molecule has 4 aliphatic rings. The van der Waals surface area contributed by atoms with E-state index in [9.17, 15) is 9.90 Å². The Balaban J connectivity index is 1.51. The second kappa shape index (κ2) is 7.81. The van der Waals surface area contributed by atoms with Crippen LogP contribution in [0.5, 0.6) is 0 Å². The summed E-state index contributed by atoms with van der Waals surface area (Å²) in [4.78, 5) is 12.5. The zero-order valence-corrected chi connectivity index (χ0v) is 19.5. The molecule has 0 heterocycles. The van der Waals surface area contributed by atoms with Crippen molar-refractivity contribution in [3.8, 4) is 0 Å². The molecule has 2 heteroatoms. The van der Waals surface area contributed by atoms with Crippen LogP contribution in [0.15, 0.2) is 11.6 Å². The zero-order valence-electron chi connectivity index (χ0n) is 19.5. The van der Waals surface area contributed by atoms with Crippen LogP contribution in [0.25, 0.3) is 0 Å². The predicted octanol–water partition coefficient (Wildman–Crippen LogP) is 6.57. The van der Waals surface area contributed by atoms with Crippen molar-refractivity contribution in [1.82, 2.24) is 0 Å². The Morgan fingerprint density at radius 2 is 1.83 bits per heavy atom. The maximum atomic E-state index is 12.5. The van der Waals surface area contributed by atoms with Gasteiger partial charge in [0.05, 0.1) is 6.10 Å². The number of aliphatic hydroxyl groups excluding tert-OH is 1. The smallest absolute Gasteiger partial charge is 0.133 e. The monoisotopic (exact) mass is 400 g/mol. The van der Waals surface area contributed by atoms with Crippen molar-refractivity contribution in [3.05, 3.63) is 11.6 Å². The van der Waals surface area contributed by atoms with E-state index in [0.717, 1.165) is 49.4 Å². The Morgan fingerprint density at radius 3 is 2.55 bits per heavy atom. The largest absolute Gasteiger partial charge is 0.393 e. The molecule has 2 nitrogen and oxygen atoms in total. The molecule has 0 amide bonds. The first-order valence-electron chi connectivity index (χ1n) is 12.5. The number of hydrogen-bond donors (Lipinski definition) is 1. The summed E-state index contributed by atoms with van der Waals surface area (Å²) in [5.74, 6) is 4.67. The third-order valence-corrected chi connectivity index (χ3v) is 10.0. The first kappa shape index (κ1) is 21.6. The average Bonchev–Trinajstić information content (AvgIpc) is 2.99. The van der Waals surface area contributed by atoms with E-state index in [4.69, 9.17) is 0 Å². The Hall–Kier alpha value is -0.630. The molecule has 1 N–H and O–H groups in total. The molecular weight excluding hydrogens is 356 g/mol. The van der Waals surface area contributed by atoms with Crippen LogP contribution in [-0.4, -0.2) is 17.0 Å². The van der Waals surface area contributed by atoms with Crippen molar-refractivity contribution in [1.29, 1.82) is 0 Å². The van der Waals surface area contributed by atoms with Crippen molar-refractivity contribution >= 4 is 5.78 Å². The summed E-state index contributed by atoms with van der Waals surface area (Å²) >= 11 is 0. The second-order valence-electron chi connectivity index (χ2n) is 12.2. The second-order valence-corrected chi connectivity index (χ2v) is 12.2. The highest BCUT2D eigenvalue weighted by molar-refractivity contribution is 5.78. The summed E-state index contributed by atoms with van der Waals surface area (Å²) in [6, 6.07) is 0. The molecule has 0 aromatic rings. The van der Waals surface area contributed by atoms with Gasteiger partial charge in [0.15, 0.2) is 0 Å². The van der Waals surface area contributed by atoms with Crippen LogP contribution in [0.1, 0.15) is 98.8 Å². The summed E-state index contributed by atoms with van der Waals surface area (Å²) in [7, 11) is 0. The van der Waals surface area contributed by atoms with Crippen LogP contribution in [-0.2, 0) is 4.79 Å². The number of carbonyl (C=O) groups is 1.